The highest BCUT2D eigenvalue weighted by atomic mass is 16.5. The monoisotopic (exact) mass is 405 g/mol. The molecule has 0 heterocycles. The largest absolute Gasteiger partial charge is 0.466 e. The minimum atomic E-state index is -0.432. The van der Waals surface area contributed by atoms with Crippen molar-refractivity contribution in [2.24, 2.45) is 22.4 Å². The Morgan fingerprint density at radius 1 is 1.34 bits per heavy atom. The molecule has 162 valence electrons. The Balaban J connectivity index is 2.41. The molecule has 8 nitrogen and oxygen atoms in total. The van der Waals surface area contributed by atoms with E-state index in [0.717, 1.165) is 38.8 Å². The van der Waals surface area contributed by atoms with Crippen LogP contribution in [0.2, 0.25) is 0 Å². The minimum absolute atomic E-state index is 0.0605. The fourth-order valence-electron chi connectivity index (χ4n) is 4.31. The van der Waals surface area contributed by atoms with Gasteiger partial charge in [0.25, 0.3) is 0 Å². The van der Waals surface area contributed by atoms with E-state index in [1.807, 2.05) is 6.08 Å². The van der Waals surface area contributed by atoms with Gasteiger partial charge in [-0.05, 0) is 38.1 Å². The van der Waals surface area contributed by atoms with Gasteiger partial charge >= 0.3 is 5.97 Å². The number of esters is 1. The number of carbonyl (C=O) groups is 2. The van der Waals surface area contributed by atoms with E-state index in [2.05, 4.69) is 34.3 Å². The van der Waals surface area contributed by atoms with Crippen LogP contribution >= 0.6 is 0 Å². The fourth-order valence-corrected chi connectivity index (χ4v) is 4.31. The van der Waals surface area contributed by atoms with Crippen molar-refractivity contribution in [2.75, 3.05) is 20.2 Å². The van der Waals surface area contributed by atoms with Crippen molar-refractivity contribution in [3.05, 3.63) is 23.8 Å². The predicted octanol–water partition coefficient (Wildman–Crippen LogP) is 1.07. The lowest BCUT2D eigenvalue weighted by Gasteiger charge is -2.42. The molecule has 29 heavy (non-hydrogen) atoms. The lowest BCUT2D eigenvalue weighted by Crippen LogP contribution is -2.59. The second kappa shape index (κ2) is 11.0. The zero-order chi connectivity index (χ0) is 21.4. The summed E-state index contributed by atoms with van der Waals surface area (Å²) in [7, 11) is 1.37. The van der Waals surface area contributed by atoms with Crippen LogP contribution in [0.4, 0.5) is 0 Å². The number of ether oxygens (including phenoxy) is 1. The average molecular weight is 406 g/mol. The van der Waals surface area contributed by atoms with E-state index in [1.54, 1.807) is 0 Å². The molecular weight excluding hydrogens is 370 g/mol. The predicted molar refractivity (Wildman–Crippen MR) is 114 cm³/mol. The van der Waals surface area contributed by atoms with Crippen LogP contribution in [0.15, 0.2) is 28.8 Å². The number of carbonyl (C=O) groups excluding carboxylic acids is 2. The molecule has 0 saturated carbocycles. The maximum Gasteiger partial charge on any atom is 0.333 e. The Morgan fingerprint density at radius 3 is 2.66 bits per heavy atom. The molecule has 1 unspecified atom stereocenters. The van der Waals surface area contributed by atoms with Gasteiger partial charge in [0.2, 0.25) is 5.91 Å². The minimum Gasteiger partial charge on any atom is -0.466 e. The van der Waals surface area contributed by atoms with Crippen LogP contribution in [0, 0.1) is 5.92 Å². The average Bonchev–Trinajstić information content (AvgIpc) is 2.68. The van der Waals surface area contributed by atoms with Crippen molar-refractivity contribution >= 4 is 17.8 Å². The summed E-state index contributed by atoms with van der Waals surface area (Å²) in [5, 5.41) is 3.03. The van der Waals surface area contributed by atoms with Crippen molar-refractivity contribution in [3.63, 3.8) is 0 Å². The van der Waals surface area contributed by atoms with E-state index in [-0.39, 0.29) is 29.9 Å². The quantitative estimate of drug-likeness (QED) is 0.240. The Labute approximate surface area is 173 Å². The first-order valence-electron chi connectivity index (χ1n) is 10.4. The third kappa shape index (κ3) is 6.59. The first-order chi connectivity index (χ1) is 13.8. The first kappa shape index (κ1) is 22.9. The molecule has 0 bridgehead atoms. The number of amides is 1. The molecule has 0 radical (unpaired) electrons. The number of aliphatic imine (C=N–C) groups is 1. The lowest BCUT2D eigenvalue weighted by atomic mass is 9.84. The summed E-state index contributed by atoms with van der Waals surface area (Å²) in [5.74, 6) is -0.0514. The molecule has 0 fully saturated rings. The number of rotatable bonds is 8. The number of methoxy groups -OCH3 is 1. The van der Waals surface area contributed by atoms with E-state index in [9.17, 15) is 9.59 Å². The smallest absolute Gasteiger partial charge is 0.333 e. The van der Waals surface area contributed by atoms with Gasteiger partial charge in [-0.2, -0.15) is 0 Å². The summed E-state index contributed by atoms with van der Waals surface area (Å²) in [5.41, 5.74) is 11.9. The highest BCUT2D eigenvalue weighted by Gasteiger charge is 2.39. The second-order valence-corrected chi connectivity index (χ2v) is 7.87. The van der Waals surface area contributed by atoms with Gasteiger partial charge in [0.15, 0.2) is 5.96 Å². The van der Waals surface area contributed by atoms with Crippen molar-refractivity contribution < 1.29 is 14.3 Å². The number of nitrogens with one attached hydrogen (secondary N) is 1. The molecule has 0 aromatic heterocycles. The summed E-state index contributed by atoms with van der Waals surface area (Å²) >= 11 is 0. The molecule has 2 rings (SSSR count). The summed E-state index contributed by atoms with van der Waals surface area (Å²) in [6.45, 7) is 5.35. The van der Waals surface area contributed by atoms with Crippen molar-refractivity contribution in [3.8, 4) is 0 Å². The second-order valence-electron chi connectivity index (χ2n) is 7.87. The zero-order valence-corrected chi connectivity index (χ0v) is 17.8. The molecule has 0 aliphatic heterocycles. The standard InChI is InChI=1S/C21H35N5O3/c1-4-10-26(13-15-8-6-5-7-9-15)18-12-16(20(28)29-3)11-17(25-21(22)23)19(18)24-14(2)27/h5-6,12,15,17-19H,4,7-11,13H2,1-3H3,(H,24,27)(H4,22,23,25)/t15?,17-,18+,19+/m0/s1. The molecule has 1 amide bonds. The van der Waals surface area contributed by atoms with Gasteiger partial charge in [-0.25, -0.2) is 9.79 Å². The molecule has 2 aliphatic carbocycles. The van der Waals surface area contributed by atoms with Gasteiger partial charge in [-0.1, -0.05) is 25.2 Å². The highest BCUT2D eigenvalue weighted by molar-refractivity contribution is 5.89. The molecule has 2 aliphatic rings. The van der Waals surface area contributed by atoms with Crippen molar-refractivity contribution in [1.29, 1.82) is 0 Å². The number of hydrogen-bond donors (Lipinski definition) is 3. The van der Waals surface area contributed by atoms with Crippen LogP contribution in [0.5, 0.6) is 0 Å². The van der Waals surface area contributed by atoms with Crippen LogP contribution in [-0.2, 0) is 14.3 Å². The molecule has 0 saturated heterocycles. The van der Waals surface area contributed by atoms with E-state index >= 15 is 0 Å². The third-order valence-corrected chi connectivity index (χ3v) is 5.52. The van der Waals surface area contributed by atoms with Gasteiger partial charge in [0.1, 0.15) is 0 Å². The number of nitrogens with zero attached hydrogens (tertiary/aromatic N) is 2. The third-order valence-electron chi connectivity index (χ3n) is 5.52. The van der Waals surface area contributed by atoms with Gasteiger partial charge in [0, 0.05) is 25.5 Å². The number of allylic oxidation sites excluding steroid dienone is 2. The maximum atomic E-state index is 12.3. The lowest BCUT2D eigenvalue weighted by molar-refractivity contribution is -0.136. The molecular formula is C21H35N5O3. The Morgan fingerprint density at radius 2 is 2.10 bits per heavy atom. The highest BCUT2D eigenvalue weighted by Crippen LogP contribution is 2.29. The van der Waals surface area contributed by atoms with Crippen LogP contribution in [0.1, 0.15) is 46.0 Å². The van der Waals surface area contributed by atoms with E-state index in [0.29, 0.717) is 17.9 Å². The van der Waals surface area contributed by atoms with E-state index in [4.69, 9.17) is 16.2 Å². The number of guanidine groups is 1. The van der Waals surface area contributed by atoms with Crippen LogP contribution in [-0.4, -0.2) is 61.1 Å². The molecule has 5 N–H and O–H groups in total. The van der Waals surface area contributed by atoms with Crippen LogP contribution < -0.4 is 16.8 Å². The zero-order valence-electron chi connectivity index (χ0n) is 17.8. The Kier molecular flexibility index (Phi) is 8.70. The number of hydrogen-bond acceptors (Lipinski definition) is 5. The molecule has 0 spiro atoms. The molecule has 0 aromatic carbocycles. The van der Waals surface area contributed by atoms with Gasteiger partial charge in [-0.3, -0.25) is 9.69 Å². The van der Waals surface area contributed by atoms with Gasteiger partial charge in [-0.15, -0.1) is 0 Å². The topological polar surface area (TPSA) is 123 Å². The maximum absolute atomic E-state index is 12.3. The van der Waals surface area contributed by atoms with Gasteiger partial charge in [0.05, 0.1) is 25.2 Å². The summed E-state index contributed by atoms with van der Waals surface area (Å²) in [6.07, 6.45) is 10.9. The summed E-state index contributed by atoms with van der Waals surface area (Å²) < 4.78 is 4.96. The summed E-state index contributed by atoms with van der Waals surface area (Å²) in [6, 6.07) is -0.951. The first-order valence-corrected chi connectivity index (χ1v) is 10.4. The molecule has 8 heteroatoms. The van der Waals surface area contributed by atoms with E-state index < -0.39 is 6.04 Å². The molecule has 0 aromatic rings. The SMILES string of the molecule is CCCN(CC1CC=CCC1)[C@@H]1C=C(C(=O)OC)C[C@H](N=C(N)N)[C@H]1NC(C)=O. The Bertz CT molecular complexity index is 669. The number of nitrogens with two attached hydrogens (primary N) is 2. The summed E-state index contributed by atoms with van der Waals surface area (Å²) in [4.78, 5) is 31.0. The van der Waals surface area contributed by atoms with Crippen LogP contribution in [0.3, 0.4) is 0 Å². The van der Waals surface area contributed by atoms with Crippen LogP contribution in [0.25, 0.3) is 0 Å². The van der Waals surface area contributed by atoms with Gasteiger partial charge < -0.3 is 21.5 Å². The fraction of sp³-hybridized carbons (Fsp3) is 0.667. The van der Waals surface area contributed by atoms with Crippen molar-refractivity contribution in [1.82, 2.24) is 10.2 Å². The van der Waals surface area contributed by atoms with Crippen molar-refractivity contribution in [2.45, 2.75) is 64.1 Å². The normalized spacial score (nSPS) is 26.6. The van der Waals surface area contributed by atoms with E-state index in [1.165, 1.54) is 14.0 Å². The molecule has 4 atom stereocenters. The Hall–Kier alpha value is -2.35.